The largest absolute Gasteiger partial charge is 0.345 e. The van der Waals surface area contributed by atoms with Crippen LogP contribution >= 0.6 is 0 Å². The molecule has 0 bridgehead atoms. The van der Waals surface area contributed by atoms with Crippen LogP contribution in [0.5, 0.6) is 0 Å². The number of rotatable bonds is 4. The summed E-state index contributed by atoms with van der Waals surface area (Å²) >= 11 is 0. The SMILES string of the molecule is CN(C)S(=O)(=O)c1ccc(C(=O)Nc2ccc3nc[nH]c3c2)cc1. The van der Waals surface area contributed by atoms with Crippen LogP contribution in [0, 0.1) is 0 Å². The van der Waals surface area contributed by atoms with E-state index in [0.717, 1.165) is 15.3 Å². The monoisotopic (exact) mass is 344 g/mol. The Hall–Kier alpha value is -2.71. The summed E-state index contributed by atoms with van der Waals surface area (Å²) in [6, 6.07) is 11.1. The number of sulfonamides is 1. The molecule has 0 radical (unpaired) electrons. The highest BCUT2D eigenvalue weighted by molar-refractivity contribution is 7.89. The van der Waals surface area contributed by atoms with Crippen LogP contribution in [0.2, 0.25) is 0 Å². The van der Waals surface area contributed by atoms with E-state index in [1.165, 1.54) is 38.4 Å². The summed E-state index contributed by atoms with van der Waals surface area (Å²) < 4.78 is 25.2. The number of aromatic nitrogens is 2. The van der Waals surface area contributed by atoms with Gasteiger partial charge < -0.3 is 10.3 Å². The summed E-state index contributed by atoms with van der Waals surface area (Å²) in [7, 11) is -0.586. The number of nitrogens with zero attached hydrogens (tertiary/aromatic N) is 2. The van der Waals surface area contributed by atoms with E-state index in [4.69, 9.17) is 0 Å². The summed E-state index contributed by atoms with van der Waals surface area (Å²) in [6.07, 6.45) is 1.58. The quantitative estimate of drug-likeness (QED) is 0.757. The number of hydrogen-bond donors (Lipinski definition) is 2. The van der Waals surface area contributed by atoms with Crippen molar-refractivity contribution >= 4 is 32.7 Å². The first-order chi connectivity index (χ1) is 11.4. The Labute approximate surface area is 139 Å². The lowest BCUT2D eigenvalue weighted by Gasteiger charge is -2.11. The van der Waals surface area contributed by atoms with Gasteiger partial charge in [0.15, 0.2) is 0 Å². The minimum atomic E-state index is -3.51. The van der Waals surface area contributed by atoms with E-state index in [1.54, 1.807) is 24.5 Å². The molecule has 1 amide bonds. The number of anilines is 1. The third-order valence-electron chi connectivity index (χ3n) is 3.57. The van der Waals surface area contributed by atoms with Crippen LogP contribution in [0.3, 0.4) is 0 Å². The van der Waals surface area contributed by atoms with Crippen molar-refractivity contribution in [1.29, 1.82) is 0 Å². The average molecular weight is 344 g/mol. The third kappa shape index (κ3) is 3.01. The molecule has 7 nitrogen and oxygen atoms in total. The molecule has 3 rings (SSSR count). The smallest absolute Gasteiger partial charge is 0.255 e. The topological polar surface area (TPSA) is 95.2 Å². The van der Waals surface area contributed by atoms with Crippen molar-refractivity contribution in [2.45, 2.75) is 4.90 Å². The molecule has 0 spiro atoms. The Morgan fingerprint density at radius 3 is 2.50 bits per heavy atom. The summed E-state index contributed by atoms with van der Waals surface area (Å²) in [4.78, 5) is 19.5. The summed E-state index contributed by atoms with van der Waals surface area (Å²) in [6.45, 7) is 0. The minimum absolute atomic E-state index is 0.142. The first-order valence-electron chi connectivity index (χ1n) is 7.15. The van der Waals surface area contributed by atoms with Crippen LogP contribution in [0.15, 0.2) is 53.7 Å². The van der Waals surface area contributed by atoms with Crippen LogP contribution in [-0.2, 0) is 10.0 Å². The van der Waals surface area contributed by atoms with E-state index in [9.17, 15) is 13.2 Å². The molecule has 1 aromatic heterocycles. The number of benzene rings is 2. The normalized spacial score (nSPS) is 11.8. The number of carbonyl (C=O) groups excluding carboxylic acids is 1. The Morgan fingerprint density at radius 2 is 1.83 bits per heavy atom. The van der Waals surface area contributed by atoms with Crippen LogP contribution in [-0.4, -0.2) is 42.7 Å². The molecule has 3 aromatic rings. The Morgan fingerprint density at radius 1 is 1.12 bits per heavy atom. The molecule has 0 aliphatic rings. The minimum Gasteiger partial charge on any atom is -0.345 e. The first-order valence-corrected chi connectivity index (χ1v) is 8.59. The molecule has 2 aromatic carbocycles. The molecule has 8 heteroatoms. The number of amides is 1. The van der Waals surface area contributed by atoms with Gasteiger partial charge in [0.2, 0.25) is 10.0 Å². The molecular weight excluding hydrogens is 328 g/mol. The lowest BCUT2D eigenvalue weighted by Crippen LogP contribution is -2.22. The molecule has 0 aliphatic carbocycles. The van der Waals surface area contributed by atoms with Crippen LogP contribution in [0.1, 0.15) is 10.4 Å². The Bertz CT molecular complexity index is 992. The number of hydrogen-bond acceptors (Lipinski definition) is 4. The lowest BCUT2D eigenvalue weighted by molar-refractivity contribution is 0.102. The molecule has 0 saturated heterocycles. The molecule has 0 atom stereocenters. The van der Waals surface area contributed by atoms with Gasteiger partial charge >= 0.3 is 0 Å². The van der Waals surface area contributed by atoms with Crippen LogP contribution < -0.4 is 5.32 Å². The molecule has 0 saturated carbocycles. The molecule has 2 N–H and O–H groups in total. The average Bonchev–Trinajstić information content (AvgIpc) is 3.02. The number of imidazole rings is 1. The summed E-state index contributed by atoms with van der Waals surface area (Å²) in [5, 5.41) is 2.77. The zero-order chi connectivity index (χ0) is 17.3. The van der Waals surface area contributed by atoms with E-state index in [2.05, 4.69) is 15.3 Å². The van der Waals surface area contributed by atoms with Crippen molar-refractivity contribution in [3.63, 3.8) is 0 Å². The molecule has 1 heterocycles. The fourth-order valence-electron chi connectivity index (χ4n) is 2.21. The van der Waals surface area contributed by atoms with Gasteiger partial charge in [-0.05, 0) is 42.5 Å². The van der Waals surface area contributed by atoms with Gasteiger partial charge in [0.05, 0.1) is 22.3 Å². The second-order valence-corrected chi connectivity index (χ2v) is 7.55. The molecule has 24 heavy (non-hydrogen) atoms. The van der Waals surface area contributed by atoms with E-state index in [-0.39, 0.29) is 10.8 Å². The van der Waals surface area contributed by atoms with Gasteiger partial charge in [-0.15, -0.1) is 0 Å². The zero-order valence-electron chi connectivity index (χ0n) is 13.1. The number of H-pyrrole nitrogens is 1. The second kappa shape index (κ2) is 6.06. The van der Waals surface area contributed by atoms with Crippen molar-refractivity contribution in [3.05, 3.63) is 54.4 Å². The van der Waals surface area contributed by atoms with Gasteiger partial charge in [-0.3, -0.25) is 4.79 Å². The molecule has 124 valence electrons. The van der Waals surface area contributed by atoms with Gasteiger partial charge in [-0.1, -0.05) is 0 Å². The Kier molecular flexibility index (Phi) is 4.08. The highest BCUT2D eigenvalue weighted by Gasteiger charge is 2.17. The summed E-state index contributed by atoms with van der Waals surface area (Å²) in [5.41, 5.74) is 2.63. The maximum atomic E-state index is 12.3. The zero-order valence-corrected chi connectivity index (χ0v) is 14.0. The van der Waals surface area contributed by atoms with Crippen LogP contribution in [0.25, 0.3) is 11.0 Å². The predicted molar refractivity (Wildman–Crippen MR) is 91.4 cm³/mol. The number of nitrogens with one attached hydrogen (secondary N) is 2. The van der Waals surface area contributed by atoms with Crippen LogP contribution in [0.4, 0.5) is 5.69 Å². The fourth-order valence-corrected chi connectivity index (χ4v) is 3.11. The molecule has 0 aliphatic heterocycles. The number of aromatic amines is 1. The van der Waals surface area contributed by atoms with E-state index in [0.29, 0.717) is 11.3 Å². The summed E-state index contributed by atoms with van der Waals surface area (Å²) in [5.74, 6) is -0.317. The lowest BCUT2D eigenvalue weighted by atomic mass is 10.2. The molecule has 0 unspecified atom stereocenters. The molecule has 0 fully saturated rings. The molecular formula is C16H16N4O3S. The Balaban J connectivity index is 1.80. The van der Waals surface area contributed by atoms with Gasteiger partial charge in [0, 0.05) is 25.3 Å². The van der Waals surface area contributed by atoms with Gasteiger partial charge in [-0.25, -0.2) is 17.7 Å². The predicted octanol–water partition coefficient (Wildman–Crippen LogP) is 2.07. The maximum Gasteiger partial charge on any atom is 0.255 e. The number of fused-ring (bicyclic) bond motifs is 1. The fraction of sp³-hybridized carbons (Fsp3) is 0.125. The number of carbonyl (C=O) groups is 1. The third-order valence-corrected chi connectivity index (χ3v) is 5.40. The van der Waals surface area contributed by atoms with E-state index >= 15 is 0 Å². The van der Waals surface area contributed by atoms with Crippen molar-refractivity contribution in [3.8, 4) is 0 Å². The second-order valence-electron chi connectivity index (χ2n) is 5.40. The van der Waals surface area contributed by atoms with Crippen molar-refractivity contribution in [2.75, 3.05) is 19.4 Å². The maximum absolute atomic E-state index is 12.3. The van der Waals surface area contributed by atoms with Crippen molar-refractivity contribution in [1.82, 2.24) is 14.3 Å². The van der Waals surface area contributed by atoms with E-state index in [1.807, 2.05) is 0 Å². The van der Waals surface area contributed by atoms with Gasteiger partial charge in [0.25, 0.3) is 5.91 Å². The first kappa shape index (κ1) is 16.2. The highest BCUT2D eigenvalue weighted by atomic mass is 32.2. The van der Waals surface area contributed by atoms with Crippen molar-refractivity contribution < 1.29 is 13.2 Å². The van der Waals surface area contributed by atoms with Crippen molar-refractivity contribution in [2.24, 2.45) is 0 Å². The van der Waals surface area contributed by atoms with Gasteiger partial charge in [0.1, 0.15) is 0 Å². The van der Waals surface area contributed by atoms with E-state index < -0.39 is 10.0 Å². The highest BCUT2D eigenvalue weighted by Crippen LogP contribution is 2.18. The standard InChI is InChI=1S/C16H16N4O3S/c1-20(2)24(22,23)13-6-3-11(4-7-13)16(21)19-12-5-8-14-15(9-12)18-10-17-14/h3-10H,1-2H3,(H,17,18)(H,19,21). The van der Waals surface area contributed by atoms with Gasteiger partial charge in [-0.2, -0.15) is 0 Å².